The van der Waals surface area contributed by atoms with Crippen LogP contribution in [-0.2, 0) is 6.54 Å². The largest absolute Gasteiger partial charge is 0.394 e. The summed E-state index contributed by atoms with van der Waals surface area (Å²) in [5.74, 6) is 0.0959. The van der Waals surface area contributed by atoms with Gasteiger partial charge in [-0.25, -0.2) is 0 Å². The summed E-state index contributed by atoms with van der Waals surface area (Å²) in [6, 6.07) is 3.45. The van der Waals surface area contributed by atoms with E-state index in [-0.39, 0.29) is 24.5 Å². The second kappa shape index (κ2) is 5.70. The van der Waals surface area contributed by atoms with E-state index in [1.807, 2.05) is 37.6 Å². The fraction of sp³-hybridized carbons (Fsp3) is 0.583. The number of carbonyl (C=O) groups is 1. The lowest BCUT2D eigenvalue weighted by molar-refractivity contribution is 0.0887. The molecule has 1 amide bonds. The number of carbonyl (C=O) groups excluding carboxylic acids is 1. The number of rotatable bonds is 5. The van der Waals surface area contributed by atoms with Crippen molar-refractivity contribution >= 4 is 5.91 Å². The van der Waals surface area contributed by atoms with E-state index in [4.69, 9.17) is 5.11 Å². The Labute approximate surface area is 96.3 Å². The van der Waals surface area contributed by atoms with Crippen molar-refractivity contribution in [3.8, 4) is 0 Å². The molecule has 0 aromatic carbocycles. The topological polar surface area (TPSA) is 54.3 Å². The van der Waals surface area contributed by atoms with Crippen LogP contribution in [0.15, 0.2) is 18.3 Å². The predicted molar refractivity (Wildman–Crippen MR) is 63.3 cm³/mol. The second-order valence-electron chi connectivity index (χ2n) is 4.19. The number of amides is 1. The molecule has 1 heterocycles. The van der Waals surface area contributed by atoms with Gasteiger partial charge >= 0.3 is 0 Å². The SMILES string of the molecule is CCn1cccc1C(=O)NC(CO)C(C)C. The van der Waals surface area contributed by atoms with Crippen molar-refractivity contribution < 1.29 is 9.90 Å². The summed E-state index contributed by atoms with van der Waals surface area (Å²) >= 11 is 0. The Hall–Kier alpha value is -1.29. The molecule has 0 aliphatic heterocycles. The number of hydrogen-bond donors (Lipinski definition) is 2. The molecule has 4 heteroatoms. The Morgan fingerprint density at radius 2 is 2.25 bits per heavy atom. The van der Waals surface area contributed by atoms with Gasteiger partial charge in [0, 0.05) is 12.7 Å². The number of nitrogens with zero attached hydrogens (tertiary/aromatic N) is 1. The summed E-state index contributed by atoms with van der Waals surface area (Å²) in [4.78, 5) is 11.9. The van der Waals surface area contributed by atoms with E-state index in [0.717, 1.165) is 6.54 Å². The number of aryl methyl sites for hydroxylation is 1. The van der Waals surface area contributed by atoms with Crippen molar-refractivity contribution in [2.45, 2.75) is 33.4 Å². The van der Waals surface area contributed by atoms with Gasteiger partial charge in [0.05, 0.1) is 12.6 Å². The molecule has 1 aromatic heterocycles. The minimum absolute atomic E-state index is 0.0315. The van der Waals surface area contributed by atoms with Crippen molar-refractivity contribution in [2.24, 2.45) is 5.92 Å². The lowest BCUT2D eigenvalue weighted by atomic mass is 10.1. The van der Waals surface area contributed by atoms with Gasteiger partial charge in [0.15, 0.2) is 0 Å². The average Bonchev–Trinajstić information content (AvgIpc) is 2.72. The third-order valence-electron chi connectivity index (χ3n) is 2.72. The fourth-order valence-electron chi connectivity index (χ4n) is 1.56. The zero-order chi connectivity index (χ0) is 12.1. The van der Waals surface area contributed by atoms with Crippen molar-refractivity contribution in [1.29, 1.82) is 0 Å². The number of nitrogens with one attached hydrogen (secondary N) is 1. The molecule has 0 spiro atoms. The molecule has 0 saturated heterocycles. The molecule has 0 aliphatic carbocycles. The van der Waals surface area contributed by atoms with Gasteiger partial charge in [-0.15, -0.1) is 0 Å². The molecule has 1 aromatic rings. The highest BCUT2D eigenvalue weighted by molar-refractivity contribution is 5.92. The Balaban J connectivity index is 2.71. The first-order chi connectivity index (χ1) is 7.60. The minimum Gasteiger partial charge on any atom is -0.394 e. The molecular weight excluding hydrogens is 204 g/mol. The van der Waals surface area contributed by atoms with E-state index in [0.29, 0.717) is 5.69 Å². The van der Waals surface area contributed by atoms with Crippen molar-refractivity contribution in [3.05, 3.63) is 24.0 Å². The highest BCUT2D eigenvalue weighted by Crippen LogP contribution is 2.05. The van der Waals surface area contributed by atoms with Crippen molar-refractivity contribution in [3.63, 3.8) is 0 Å². The van der Waals surface area contributed by atoms with E-state index < -0.39 is 0 Å². The summed E-state index contributed by atoms with van der Waals surface area (Å²) in [5.41, 5.74) is 0.640. The molecule has 0 fully saturated rings. The molecule has 16 heavy (non-hydrogen) atoms. The van der Waals surface area contributed by atoms with E-state index in [1.54, 1.807) is 6.07 Å². The van der Waals surface area contributed by atoms with Crippen LogP contribution in [0.25, 0.3) is 0 Å². The maximum atomic E-state index is 11.9. The van der Waals surface area contributed by atoms with E-state index in [2.05, 4.69) is 5.32 Å². The Bertz CT molecular complexity index is 345. The molecule has 0 bridgehead atoms. The molecule has 0 radical (unpaired) electrons. The number of aromatic nitrogens is 1. The Morgan fingerprint density at radius 3 is 2.75 bits per heavy atom. The minimum atomic E-state index is -0.187. The van der Waals surface area contributed by atoms with E-state index >= 15 is 0 Å². The van der Waals surface area contributed by atoms with Gasteiger partial charge < -0.3 is 15.0 Å². The molecular formula is C12H20N2O2. The third-order valence-corrected chi connectivity index (χ3v) is 2.72. The van der Waals surface area contributed by atoms with Gasteiger partial charge in [-0.3, -0.25) is 4.79 Å². The van der Waals surface area contributed by atoms with Crippen LogP contribution in [0.2, 0.25) is 0 Å². The van der Waals surface area contributed by atoms with Crippen LogP contribution in [0.1, 0.15) is 31.3 Å². The highest BCUT2D eigenvalue weighted by Gasteiger charge is 2.17. The number of hydrogen-bond acceptors (Lipinski definition) is 2. The molecule has 2 N–H and O–H groups in total. The fourth-order valence-corrected chi connectivity index (χ4v) is 1.56. The number of aliphatic hydroxyl groups is 1. The molecule has 1 atom stereocenters. The summed E-state index contributed by atoms with van der Waals surface area (Å²) < 4.78 is 1.88. The first-order valence-electron chi connectivity index (χ1n) is 5.67. The third kappa shape index (κ3) is 2.85. The van der Waals surface area contributed by atoms with Crippen LogP contribution in [0.5, 0.6) is 0 Å². The van der Waals surface area contributed by atoms with Crippen LogP contribution in [0.4, 0.5) is 0 Å². The average molecular weight is 224 g/mol. The Morgan fingerprint density at radius 1 is 1.56 bits per heavy atom. The standard InChI is InChI=1S/C12H20N2O2/c1-4-14-7-5-6-11(14)12(16)13-10(8-15)9(2)3/h5-7,9-10,15H,4,8H2,1-3H3,(H,13,16). The predicted octanol–water partition coefficient (Wildman–Crippen LogP) is 1.25. The highest BCUT2D eigenvalue weighted by atomic mass is 16.3. The quantitative estimate of drug-likeness (QED) is 0.791. The molecule has 1 rings (SSSR count). The molecule has 0 aliphatic rings. The Kier molecular flexibility index (Phi) is 4.55. The van der Waals surface area contributed by atoms with Gasteiger partial charge in [0.25, 0.3) is 5.91 Å². The maximum Gasteiger partial charge on any atom is 0.268 e. The van der Waals surface area contributed by atoms with Crippen molar-refractivity contribution in [1.82, 2.24) is 9.88 Å². The van der Waals surface area contributed by atoms with E-state index in [1.165, 1.54) is 0 Å². The smallest absolute Gasteiger partial charge is 0.268 e. The second-order valence-corrected chi connectivity index (χ2v) is 4.19. The molecule has 1 unspecified atom stereocenters. The normalized spacial score (nSPS) is 12.8. The zero-order valence-electron chi connectivity index (χ0n) is 10.1. The molecule has 0 saturated carbocycles. The molecule has 4 nitrogen and oxygen atoms in total. The summed E-state index contributed by atoms with van der Waals surface area (Å²) in [7, 11) is 0. The first-order valence-corrected chi connectivity index (χ1v) is 5.67. The summed E-state index contributed by atoms with van der Waals surface area (Å²) in [6.07, 6.45) is 1.87. The van der Waals surface area contributed by atoms with Gasteiger partial charge in [-0.1, -0.05) is 13.8 Å². The van der Waals surface area contributed by atoms with Gasteiger partial charge in [0.1, 0.15) is 5.69 Å². The lowest BCUT2D eigenvalue weighted by Crippen LogP contribution is -2.41. The van der Waals surface area contributed by atoms with Gasteiger partial charge in [-0.05, 0) is 25.0 Å². The monoisotopic (exact) mass is 224 g/mol. The summed E-state index contributed by atoms with van der Waals surface area (Å²) in [6.45, 7) is 6.67. The van der Waals surface area contributed by atoms with Gasteiger partial charge in [0.2, 0.25) is 0 Å². The van der Waals surface area contributed by atoms with Gasteiger partial charge in [-0.2, -0.15) is 0 Å². The first kappa shape index (κ1) is 12.8. The zero-order valence-corrected chi connectivity index (χ0v) is 10.1. The van der Waals surface area contributed by atoms with E-state index in [9.17, 15) is 4.79 Å². The van der Waals surface area contributed by atoms with Crippen molar-refractivity contribution in [2.75, 3.05) is 6.61 Å². The van der Waals surface area contributed by atoms with Crippen LogP contribution >= 0.6 is 0 Å². The summed E-state index contributed by atoms with van der Waals surface area (Å²) in [5, 5.41) is 12.0. The maximum absolute atomic E-state index is 11.9. The van der Waals surface area contributed by atoms with Crippen LogP contribution in [0, 0.1) is 5.92 Å². The number of aliphatic hydroxyl groups excluding tert-OH is 1. The van der Waals surface area contributed by atoms with Crippen LogP contribution in [-0.4, -0.2) is 28.2 Å². The van der Waals surface area contributed by atoms with Crippen LogP contribution in [0.3, 0.4) is 0 Å². The lowest BCUT2D eigenvalue weighted by Gasteiger charge is -2.20. The van der Waals surface area contributed by atoms with Crippen LogP contribution < -0.4 is 5.32 Å². The molecule has 90 valence electrons.